The van der Waals surface area contributed by atoms with E-state index in [2.05, 4.69) is 29.6 Å². The highest BCUT2D eigenvalue weighted by Crippen LogP contribution is 2.38. The molecule has 0 spiro atoms. The number of carbonyl (C=O) groups excluding carboxylic acids is 3. The second kappa shape index (κ2) is 14.0. The van der Waals surface area contributed by atoms with Crippen LogP contribution in [-0.4, -0.2) is 51.5 Å². The number of nitrogens with two attached hydrogens (primary N) is 1. The van der Waals surface area contributed by atoms with Crippen LogP contribution in [0.15, 0.2) is 36.4 Å². The summed E-state index contributed by atoms with van der Waals surface area (Å²) in [5, 5.41) is 33.3. The van der Waals surface area contributed by atoms with Gasteiger partial charge in [-0.2, -0.15) is 0 Å². The van der Waals surface area contributed by atoms with Gasteiger partial charge in [-0.3, -0.25) is 14.4 Å². The lowest BCUT2D eigenvalue weighted by atomic mass is 9.73. The van der Waals surface area contributed by atoms with E-state index in [1.807, 2.05) is 13.0 Å². The molecule has 0 fully saturated rings. The number of amides is 1. The third-order valence-electron chi connectivity index (χ3n) is 7.06. The van der Waals surface area contributed by atoms with Crippen molar-refractivity contribution in [2.24, 2.45) is 23.5 Å². The van der Waals surface area contributed by atoms with Gasteiger partial charge in [0.1, 0.15) is 11.5 Å². The van der Waals surface area contributed by atoms with Crippen molar-refractivity contribution in [3.05, 3.63) is 64.2 Å². The molecule has 8 N–H and O–H groups in total. The molecule has 1 amide bonds. The van der Waals surface area contributed by atoms with Gasteiger partial charge in [0.05, 0.1) is 18.6 Å². The molecule has 1 aliphatic rings. The molecule has 0 aliphatic heterocycles. The quantitative estimate of drug-likeness (QED) is 0.251. The summed E-state index contributed by atoms with van der Waals surface area (Å²) in [5.74, 6) is -2.77. The summed E-state index contributed by atoms with van der Waals surface area (Å²) in [5.41, 5.74) is 9.57. The second-order valence-electron chi connectivity index (χ2n) is 9.79. The molecule has 9 nitrogen and oxygen atoms in total. The Balaban J connectivity index is 0.00000481. The maximum Gasteiger partial charge on any atom is 0.224 e. The summed E-state index contributed by atoms with van der Waals surface area (Å²) in [4.78, 5) is 36.8. The van der Waals surface area contributed by atoms with Crippen LogP contribution in [0.4, 0.5) is 0 Å². The molecule has 0 radical (unpaired) electrons. The van der Waals surface area contributed by atoms with Crippen LogP contribution in [0.3, 0.4) is 0 Å². The molecule has 9 heteroatoms. The van der Waals surface area contributed by atoms with Crippen molar-refractivity contribution < 1.29 is 38.0 Å². The summed E-state index contributed by atoms with van der Waals surface area (Å²) in [6, 6.07) is 11.6. The number of nitrogens with one attached hydrogen (secondary N) is 1. The minimum atomic E-state index is -0.832. The Labute approximate surface area is 220 Å². The highest BCUT2D eigenvalue weighted by molar-refractivity contribution is 6.01. The number of phenolic OH excluding ortho intramolecular Hbond substituents is 1. The summed E-state index contributed by atoms with van der Waals surface area (Å²) in [7, 11) is 0. The molecule has 2 aromatic rings. The van der Waals surface area contributed by atoms with E-state index in [0.717, 1.165) is 16.7 Å². The zero-order chi connectivity index (χ0) is 26.2. The van der Waals surface area contributed by atoms with Gasteiger partial charge in [-0.05, 0) is 60.8 Å². The van der Waals surface area contributed by atoms with Crippen molar-refractivity contribution in [3.63, 3.8) is 0 Å². The number of Topliss-reactive ketones (excluding diaryl/α,β-unsaturated/α-hetero) is 2. The smallest absolute Gasteiger partial charge is 0.224 e. The Morgan fingerprint density at radius 3 is 2.43 bits per heavy atom. The van der Waals surface area contributed by atoms with Crippen LogP contribution >= 0.6 is 0 Å². The standard InChI is InChI=1S/C28H36N2O6.H2O.2H2/c1-17-2-4-18(5-3-17)14-30-15-21-6-7-24(33)28-22(21)11-19(12-26(28)35)10-20(8-9-31)23(16-32)25(34)13-27(29)36;;;/h2-7,19-20,23,30-33H,8-16H2,1H3,(H2,29,36);1H2;2*1H. The van der Waals surface area contributed by atoms with Crippen molar-refractivity contribution in [1.29, 1.82) is 0 Å². The number of rotatable bonds is 13. The van der Waals surface area contributed by atoms with Gasteiger partial charge in [0.15, 0.2) is 5.78 Å². The SMILES string of the molecule is Cc1ccc(CNCc2ccc(O)c3c2CC(CC(CCO)C(CO)C(=O)CC(N)=O)CC3=O)cc1.O.[HH].[HH]. The summed E-state index contributed by atoms with van der Waals surface area (Å²) in [6.45, 7) is 2.58. The lowest BCUT2D eigenvalue weighted by molar-refractivity contribution is -0.131. The molecule has 2 aromatic carbocycles. The number of aliphatic hydroxyl groups excluding tert-OH is 2. The molecule has 1 aliphatic carbocycles. The molecule has 0 bridgehead atoms. The zero-order valence-corrected chi connectivity index (χ0v) is 21.2. The number of benzene rings is 2. The van der Waals surface area contributed by atoms with Crippen LogP contribution in [-0.2, 0) is 29.1 Å². The number of hydrogen-bond acceptors (Lipinski definition) is 7. The Morgan fingerprint density at radius 2 is 1.81 bits per heavy atom. The van der Waals surface area contributed by atoms with Crippen LogP contribution in [0.2, 0.25) is 0 Å². The second-order valence-corrected chi connectivity index (χ2v) is 9.79. The molecular formula is C28H42N2O7. The van der Waals surface area contributed by atoms with Gasteiger partial charge in [0, 0.05) is 34.9 Å². The number of carbonyl (C=O) groups is 3. The normalized spacial score (nSPS) is 16.4. The van der Waals surface area contributed by atoms with E-state index in [4.69, 9.17) is 5.73 Å². The Morgan fingerprint density at radius 1 is 1.11 bits per heavy atom. The third kappa shape index (κ3) is 7.93. The number of primary amides is 1. The minimum Gasteiger partial charge on any atom is -0.507 e. The molecule has 3 rings (SSSR count). The predicted octanol–water partition coefficient (Wildman–Crippen LogP) is 1.84. The van der Waals surface area contributed by atoms with Gasteiger partial charge in [0.25, 0.3) is 0 Å². The molecular weight excluding hydrogens is 476 g/mol. The first kappa shape index (κ1) is 30.1. The first-order valence-corrected chi connectivity index (χ1v) is 12.4. The summed E-state index contributed by atoms with van der Waals surface area (Å²) < 4.78 is 0. The molecule has 0 aromatic heterocycles. The predicted molar refractivity (Wildman–Crippen MR) is 143 cm³/mol. The monoisotopic (exact) mass is 518 g/mol. The summed E-state index contributed by atoms with van der Waals surface area (Å²) >= 11 is 0. The number of phenols is 1. The highest BCUT2D eigenvalue weighted by Gasteiger charge is 2.34. The summed E-state index contributed by atoms with van der Waals surface area (Å²) in [6.07, 6.45) is 0.946. The van der Waals surface area contributed by atoms with E-state index in [0.29, 0.717) is 31.5 Å². The molecule has 0 saturated heterocycles. The fraction of sp³-hybridized carbons (Fsp3) is 0.464. The van der Waals surface area contributed by atoms with Crippen molar-refractivity contribution in [1.82, 2.24) is 5.32 Å². The lowest BCUT2D eigenvalue weighted by Crippen LogP contribution is -2.34. The van der Waals surface area contributed by atoms with Gasteiger partial charge < -0.3 is 31.8 Å². The van der Waals surface area contributed by atoms with Crippen molar-refractivity contribution >= 4 is 17.5 Å². The lowest BCUT2D eigenvalue weighted by Gasteiger charge is -2.31. The van der Waals surface area contributed by atoms with E-state index in [-0.39, 0.29) is 45.2 Å². The number of ketones is 2. The highest BCUT2D eigenvalue weighted by atomic mass is 16.3. The van der Waals surface area contributed by atoms with Crippen LogP contribution in [0.5, 0.6) is 5.75 Å². The van der Waals surface area contributed by atoms with Crippen LogP contribution < -0.4 is 11.1 Å². The average molecular weight is 519 g/mol. The fourth-order valence-corrected chi connectivity index (χ4v) is 5.22. The van der Waals surface area contributed by atoms with E-state index in [1.54, 1.807) is 6.07 Å². The Hall–Kier alpha value is -3.11. The minimum absolute atomic E-state index is 0. The zero-order valence-electron chi connectivity index (χ0n) is 21.2. The first-order valence-electron chi connectivity index (χ1n) is 12.4. The topological polar surface area (TPSA) is 181 Å². The van der Waals surface area contributed by atoms with E-state index in [9.17, 15) is 29.7 Å². The maximum absolute atomic E-state index is 13.0. The molecule has 0 heterocycles. The Kier molecular flexibility index (Phi) is 11.4. The number of hydrogen-bond donors (Lipinski definition) is 5. The van der Waals surface area contributed by atoms with Crippen molar-refractivity contribution in [3.8, 4) is 5.75 Å². The first-order chi connectivity index (χ1) is 17.2. The molecule has 206 valence electrons. The van der Waals surface area contributed by atoms with Gasteiger partial charge in [-0.25, -0.2) is 0 Å². The largest absolute Gasteiger partial charge is 0.507 e. The van der Waals surface area contributed by atoms with Gasteiger partial charge in [0.2, 0.25) is 5.91 Å². The number of aryl methyl sites for hydroxylation is 1. The molecule has 3 atom stereocenters. The Bertz CT molecular complexity index is 1100. The number of aliphatic hydroxyl groups is 2. The number of fused-ring (bicyclic) bond motifs is 1. The third-order valence-corrected chi connectivity index (χ3v) is 7.06. The molecule has 37 heavy (non-hydrogen) atoms. The van der Waals surface area contributed by atoms with Crippen molar-refractivity contribution in [2.45, 2.75) is 52.1 Å². The molecule has 3 unspecified atom stereocenters. The van der Waals surface area contributed by atoms with Gasteiger partial charge in [-0.1, -0.05) is 35.9 Å². The van der Waals surface area contributed by atoms with Crippen molar-refractivity contribution in [2.75, 3.05) is 13.2 Å². The fourth-order valence-electron chi connectivity index (χ4n) is 5.22. The van der Waals surface area contributed by atoms with E-state index < -0.39 is 36.6 Å². The average Bonchev–Trinajstić information content (AvgIpc) is 2.81. The number of aromatic hydroxyl groups is 1. The maximum atomic E-state index is 13.0. The van der Waals surface area contributed by atoms with Crippen LogP contribution in [0.1, 0.15) is 61.1 Å². The van der Waals surface area contributed by atoms with E-state index >= 15 is 0 Å². The van der Waals surface area contributed by atoms with Crippen LogP contribution in [0, 0.1) is 24.7 Å². The van der Waals surface area contributed by atoms with E-state index in [1.165, 1.54) is 5.56 Å². The van der Waals surface area contributed by atoms with Crippen LogP contribution in [0.25, 0.3) is 0 Å². The van der Waals surface area contributed by atoms with Gasteiger partial charge in [-0.15, -0.1) is 0 Å². The van der Waals surface area contributed by atoms with Gasteiger partial charge >= 0.3 is 0 Å². The molecule has 0 saturated carbocycles.